The number of fused-ring (bicyclic) bond motifs is 3. The van der Waals surface area contributed by atoms with Gasteiger partial charge in [0, 0.05) is 37.4 Å². The molecule has 3 aliphatic rings. The highest BCUT2D eigenvalue weighted by molar-refractivity contribution is 7.90. The Hall–Kier alpha value is -2.59. The average Bonchev–Trinajstić information content (AvgIpc) is 3.01. The van der Waals surface area contributed by atoms with Crippen LogP contribution in [-0.2, 0) is 27.8 Å². The fourth-order valence-corrected chi connectivity index (χ4v) is 8.45. The molecule has 5 atom stereocenters. The number of methoxy groups -OCH3 is 1. The number of hydrogen-bond acceptors (Lipinski definition) is 7. The van der Waals surface area contributed by atoms with Crippen LogP contribution in [0.3, 0.4) is 0 Å². The normalized spacial score (nSPS) is 29.5. The molecular weight excluding hydrogens is 612 g/mol. The number of hydrogen-bond donors (Lipinski definition) is 2. The monoisotopic (exact) mass is 658 g/mol. The van der Waals surface area contributed by atoms with Crippen molar-refractivity contribution in [3.8, 4) is 5.75 Å². The van der Waals surface area contributed by atoms with Crippen LogP contribution in [0.25, 0.3) is 0 Å². The number of carbonyl (C=O) groups is 1. The third kappa shape index (κ3) is 7.87. The Morgan fingerprint density at radius 1 is 1.13 bits per heavy atom. The lowest BCUT2D eigenvalue weighted by Gasteiger charge is -2.48. The van der Waals surface area contributed by atoms with E-state index in [0.29, 0.717) is 43.4 Å². The second kappa shape index (κ2) is 14.4. The summed E-state index contributed by atoms with van der Waals surface area (Å²) in [5.41, 5.74) is 2.23. The highest BCUT2D eigenvalue weighted by Crippen LogP contribution is 2.46. The Kier molecular flexibility index (Phi) is 10.8. The minimum atomic E-state index is -3.96. The molecule has 5 rings (SSSR count). The predicted octanol–water partition coefficient (Wildman–Crippen LogP) is 6.29. The zero-order valence-electron chi connectivity index (χ0n) is 26.6. The summed E-state index contributed by atoms with van der Waals surface area (Å²) in [5.74, 6) is -0.00292. The maximum Gasteiger partial charge on any atom is 0.264 e. The van der Waals surface area contributed by atoms with E-state index in [1.165, 1.54) is 5.56 Å². The van der Waals surface area contributed by atoms with Crippen LogP contribution in [0.5, 0.6) is 5.75 Å². The Balaban J connectivity index is 1.55. The van der Waals surface area contributed by atoms with E-state index in [1.54, 1.807) is 32.2 Å². The van der Waals surface area contributed by atoms with Crippen LogP contribution in [0, 0.1) is 17.8 Å². The van der Waals surface area contributed by atoms with Crippen molar-refractivity contribution in [1.29, 1.82) is 0 Å². The number of nitrogens with zero attached hydrogens (tertiary/aromatic N) is 1. The average molecular weight is 659 g/mol. The van der Waals surface area contributed by atoms with Crippen LogP contribution in [0.2, 0.25) is 5.02 Å². The van der Waals surface area contributed by atoms with Gasteiger partial charge in [0.25, 0.3) is 5.91 Å². The van der Waals surface area contributed by atoms with Crippen molar-refractivity contribution in [2.24, 2.45) is 17.8 Å². The number of aliphatic hydroxyl groups is 1. The lowest BCUT2D eigenvalue weighted by atomic mass is 9.63. The molecule has 0 spiro atoms. The number of nitrogens with one attached hydrogen (secondary N) is 1. The molecule has 2 bridgehead atoms. The first-order valence-electron chi connectivity index (χ1n) is 16.2. The molecule has 1 fully saturated rings. The molecule has 1 aliphatic carbocycles. The van der Waals surface area contributed by atoms with Crippen molar-refractivity contribution in [3.63, 3.8) is 0 Å². The summed E-state index contributed by atoms with van der Waals surface area (Å²) < 4.78 is 40.7. The van der Waals surface area contributed by atoms with E-state index in [0.717, 1.165) is 56.3 Å². The molecule has 45 heavy (non-hydrogen) atoms. The maximum absolute atomic E-state index is 13.4. The van der Waals surface area contributed by atoms with Crippen LogP contribution in [0.15, 0.2) is 48.6 Å². The highest BCUT2D eigenvalue weighted by atomic mass is 35.5. The van der Waals surface area contributed by atoms with Gasteiger partial charge in [-0.05, 0) is 118 Å². The Bertz CT molecular complexity index is 1500. The first kappa shape index (κ1) is 33.8. The number of sulfonamides is 1. The lowest BCUT2D eigenvalue weighted by molar-refractivity contribution is -0.0542. The standard InChI is InChI=1S/C35H47ClN2O6S/c1-24-8-6-16-35(40,17-7-19-43-3)31-14-11-28(31)22-38-18-5-4-9-26-20-30(36)13-10-29(26)23-44-33-15-12-27(21-32(33)38)34(39)37-45(41,42)25(24)2/h6,10,12-13,15-16,20-21,24-25,28,31,40H,4-5,7-9,11,14,17-19,22-23H2,1-3H3,(H,37,39)/b16-6+/t24-,25+,28-,31+,35+/m0/s1. The predicted molar refractivity (Wildman–Crippen MR) is 178 cm³/mol. The van der Waals surface area contributed by atoms with Gasteiger partial charge in [0.1, 0.15) is 12.4 Å². The molecule has 0 saturated heterocycles. The molecule has 1 saturated carbocycles. The summed E-state index contributed by atoms with van der Waals surface area (Å²) in [4.78, 5) is 15.7. The molecule has 10 heteroatoms. The molecule has 2 aromatic rings. The number of ether oxygens (including phenoxy) is 2. The number of carbonyl (C=O) groups excluding carboxylic acids is 1. The summed E-state index contributed by atoms with van der Waals surface area (Å²) in [6.45, 7) is 5.81. The number of halogens is 1. The first-order chi connectivity index (χ1) is 21.5. The minimum absolute atomic E-state index is 0.0513. The Morgan fingerprint density at radius 3 is 2.71 bits per heavy atom. The van der Waals surface area contributed by atoms with Gasteiger partial charge < -0.3 is 19.5 Å². The van der Waals surface area contributed by atoms with Crippen molar-refractivity contribution in [3.05, 3.63) is 70.3 Å². The zero-order valence-corrected chi connectivity index (χ0v) is 28.2. The number of allylic oxidation sites excluding steroid dienone is 1. The maximum atomic E-state index is 13.4. The summed E-state index contributed by atoms with van der Waals surface area (Å²) in [7, 11) is -2.29. The number of rotatable bonds is 4. The van der Waals surface area contributed by atoms with Crippen molar-refractivity contribution in [2.45, 2.75) is 82.7 Å². The molecule has 2 aromatic carbocycles. The summed E-state index contributed by atoms with van der Waals surface area (Å²) in [6.07, 6.45) is 10.2. The van der Waals surface area contributed by atoms with Gasteiger partial charge in [0.15, 0.2) is 0 Å². The molecule has 0 unspecified atom stereocenters. The van der Waals surface area contributed by atoms with Crippen molar-refractivity contribution < 1.29 is 27.8 Å². The van der Waals surface area contributed by atoms with Gasteiger partial charge in [-0.1, -0.05) is 36.7 Å². The van der Waals surface area contributed by atoms with Gasteiger partial charge in [-0.15, -0.1) is 0 Å². The van der Waals surface area contributed by atoms with E-state index < -0.39 is 26.8 Å². The Morgan fingerprint density at radius 2 is 1.96 bits per heavy atom. The SMILES string of the molecule is COCCC[C@]1(O)/C=C/C[C@H](C)[C@@H](C)S(=O)(=O)NC(=O)c2ccc3c(c2)N(CCCCc2cc(Cl)ccc2CO3)C[C@@H]2CC[C@H]21. The molecule has 1 amide bonds. The van der Waals surface area contributed by atoms with Gasteiger partial charge in [-0.3, -0.25) is 4.79 Å². The van der Waals surface area contributed by atoms with E-state index in [9.17, 15) is 18.3 Å². The molecule has 8 nitrogen and oxygen atoms in total. The quantitative estimate of drug-likeness (QED) is 0.294. The topological polar surface area (TPSA) is 105 Å². The van der Waals surface area contributed by atoms with Crippen LogP contribution in [-0.4, -0.2) is 57.1 Å². The van der Waals surface area contributed by atoms with Crippen LogP contribution in [0.4, 0.5) is 5.69 Å². The summed E-state index contributed by atoms with van der Waals surface area (Å²) in [6, 6.07) is 11.1. The molecule has 246 valence electrons. The van der Waals surface area contributed by atoms with Gasteiger partial charge in [-0.2, -0.15) is 0 Å². The van der Waals surface area contributed by atoms with Gasteiger partial charge >= 0.3 is 0 Å². The van der Waals surface area contributed by atoms with Crippen molar-refractivity contribution >= 4 is 33.2 Å². The van der Waals surface area contributed by atoms with E-state index in [4.69, 9.17) is 21.1 Å². The lowest BCUT2D eigenvalue weighted by Crippen LogP contribution is -2.50. The van der Waals surface area contributed by atoms with Gasteiger partial charge in [-0.25, -0.2) is 13.1 Å². The van der Waals surface area contributed by atoms with E-state index in [2.05, 4.69) is 9.62 Å². The highest BCUT2D eigenvalue weighted by Gasteiger charge is 2.45. The third-order valence-electron chi connectivity index (χ3n) is 10.1. The van der Waals surface area contributed by atoms with Crippen LogP contribution < -0.4 is 14.4 Å². The van der Waals surface area contributed by atoms with E-state index >= 15 is 0 Å². The number of benzene rings is 2. The smallest absolute Gasteiger partial charge is 0.264 e. The number of amides is 1. The van der Waals surface area contributed by atoms with E-state index in [-0.39, 0.29) is 23.3 Å². The summed E-state index contributed by atoms with van der Waals surface area (Å²) >= 11 is 6.33. The fraction of sp³-hybridized carbons (Fsp3) is 0.571. The van der Waals surface area contributed by atoms with Gasteiger partial charge in [0.2, 0.25) is 10.0 Å². The fourth-order valence-electron chi connectivity index (χ4n) is 6.97. The van der Waals surface area contributed by atoms with Crippen LogP contribution in [0.1, 0.15) is 80.3 Å². The third-order valence-corrected chi connectivity index (χ3v) is 12.3. The number of aryl methyl sites for hydroxylation is 1. The molecule has 0 aromatic heterocycles. The largest absolute Gasteiger partial charge is 0.487 e. The molecule has 2 heterocycles. The van der Waals surface area contributed by atoms with Crippen LogP contribution >= 0.6 is 11.6 Å². The first-order valence-corrected chi connectivity index (χ1v) is 18.2. The van der Waals surface area contributed by atoms with E-state index in [1.807, 2.05) is 37.3 Å². The molecule has 2 N–H and O–H groups in total. The second-order valence-electron chi connectivity index (χ2n) is 13.1. The second-order valence-corrected chi connectivity index (χ2v) is 15.6. The summed E-state index contributed by atoms with van der Waals surface area (Å²) in [5, 5.41) is 12.0. The molecule has 2 aliphatic heterocycles. The number of anilines is 1. The van der Waals surface area contributed by atoms with Gasteiger partial charge in [0.05, 0.1) is 16.5 Å². The van der Waals surface area contributed by atoms with Crippen molar-refractivity contribution in [2.75, 3.05) is 31.7 Å². The Labute approximate surface area is 273 Å². The minimum Gasteiger partial charge on any atom is -0.487 e. The molecule has 0 radical (unpaired) electrons. The zero-order chi connectivity index (χ0) is 32.2. The molecular formula is C35H47ClN2O6S. The van der Waals surface area contributed by atoms with Crippen molar-refractivity contribution in [1.82, 2.24) is 4.72 Å².